The maximum Gasteiger partial charge on any atom is 0.410 e. The van der Waals surface area contributed by atoms with Gasteiger partial charge in [0.2, 0.25) is 0 Å². The van der Waals surface area contributed by atoms with Gasteiger partial charge in [-0.05, 0) is 67.3 Å². The summed E-state index contributed by atoms with van der Waals surface area (Å²) < 4.78 is 11.0. The lowest BCUT2D eigenvalue weighted by Crippen LogP contribution is -2.16. The number of allylic oxidation sites excluding steroid dienone is 2. The summed E-state index contributed by atoms with van der Waals surface area (Å²) in [7, 11) is 1.28. The predicted molar refractivity (Wildman–Crippen MR) is 147 cm³/mol. The lowest BCUT2D eigenvalue weighted by atomic mass is 10.00. The quantitative estimate of drug-likeness (QED) is 0.208. The number of alkyl carbamates (subject to hydrolysis) is 1. The average Bonchev–Trinajstić information content (AvgIpc) is 3.27. The maximum atomic E-state index is 13.0. The molecule has 8 heteroatoms. The van der Waals surface area contributed by atoms with E-state index in [4.69, 9.17) is 4.42 Å². The van der Waals surface area contributed by atoms with Crippen LogP contribution in [-0.2, 0) is 11.2 Å². The van der Waals surface area contributed by atoms with Crippen molar-refractivity contribution in [2.75, 3.05) is 7.11 Å². The second kappa shape index (κ2) is 13.1. The SMILES string of the molecule is CCCCc1ccc2sc(/C=C(\C)C(=O)c3c(O)cc(C(C)CC/C=C/NC(=O)OC)oc3=O)cc2c1. The number of hydrogen-bond acceptors (Lipinski definition) is 7. The Morgan fingerprint density at radius 2 is 2.03 bits per heavy atom. The number of amides is 1. The second-order valence-electron chi connectivity index (χ2n) is 8.99. The fourth-order valence-corrected chi connectivity index (χ4v) is 4.95. The van der Waals surface area contributed by atoms with Crippen molar-refractivity contribution in [1.29, 1.82) is 0 Å². The molecule has 0 spiro atoms. The highest BCUT2D eigenvalue weighted by Crippen LogP contribution is 2.30. The minimum atomic E-state index is -0.862. The highest BCUT2D eigenvalue weighted by atomic mass is 32.1. The molecule has 1 amide bonds. The van der Waals surface area contributed by atoms with Gasteiger partial charge in [-0.1, -0.05) is 38.5 Å². The van der Waals surface area contributed by atoms with Crippen LogP contribution in [0.2, 0.25) is 0 Å². The summed E-state index contributed by atoms with van der Waals surface area (Å²) in [5, 5.41) is 14.1. The molecule has 2 aromatic heterocycles. The third kappa shape index (κ3) is 7.43. The smallest absolute Gasteiger partial charge is 0.410 e. The van der Waals surface area contributed by atoms with Crippen LogP contribution in [0.25, 0.3) is 16.2 Å². The van der Waals surface area contributed by atoms with Crippen LogP contribution in [0.1, 0.15) is 78.9 Å². The van der Waals surface area contributed by atoms with Crippen molar-refractivity contribution in [2.24, 2.45) is 0 Å². The fraction of sp³-hybridized carbons (Fsp3) is 0.345. The number of ether oxygens (including phenoxy) is 1. The van der Waals surface area contributed by atoms with Crippen molar-refractivity contribution in [1.82, 2.24) is 5.32 Å². The number of benzene rings is 1. The average molecular weight is 524 g/mol. The van der Waals surface area contributed by atoms with Crippen molar-refractivity contribution in [2.45, 2.75) is 58.8 Å². The van der Waals surface area contributed by atoms with E-state index >= 15 is 0 Å². The van der Waals surface area contributed by atoms with Gasteiger partial charge >= 0.3 is 11.7 Å². The molecule has 0 bridgehead atoms. The molecule has 37 heavy (non-hydrogen) atoms. The number of thiophene rings is 1. The first-order valence-electron chi connectivity index (χ1n) is 12.4. The van der Waals surface area contributed by atoms with Gasteiger partial charge < -0.3 is 14.3 Å². The van der Waals surface area contributed by atoms with Crippen LogP contribution < -0.4 is 10.9 Å². The molecule has 7 nitrogen and oxygen atoms in total. The topological polar surface area (TPSA) is 106 Å². The van der Waals surface area contributed by atoms with Crippen molar-refractivity contribution in [3.63, 3.8) is 0 Å². The molecule has 0 radical (unpaired) electrons. The second-order valence-corrected chi connectivity index (χ2v) is 10.1. The minimum Gasteiger partial charge on any atom is -0.507 e. The van der Waals surface area contributed by atoms with Gasteiger partial charge in [0.25, 0.3) is 0 Å². The van der Waals surface area contributed by atoms with E-state index < -0.39 is 23.3 Å². The Kier molecular flexibility index (Phi) is 9.85. The largest absolute Gasteiger partial charge is 0.507 e. The van der Waals surface area contributed by atoms with E-state index in [2.05, 4.69) is 35.2 Å². The number of carbonyl (C=O) groups is 2. The number of fused-ring (bicyclic) bond motifs is 1. The monoisotopic (exact) mass is 523 g/mol. The molecule has 2 heterocycles. The number of unbranched alkanes of at least 4 members (excludes halogenated alkanes) is 1. The summed E-state index contributed by atoms with van der Waals surface area (Å²) in [6.45, 7) is 5.65. The highest BCUT2D eigenvalue weighted by molar-refractivity contribution is 7.19. The van der Waals surface area contributed by atoms with E-state index in [1.807, 2.05) is 13.0 Å². The number of nitrogens with one attached hydrogen (secondary N) is 1. The van der Waals surface area contributed by atoms with Gasteiger partial charge in [-0.3, -0.25) is 10.1 Å². The third-order valence-corrected chi connectivity index (χ3v) is 7.13. The molecular weight excluding hydrogens is 490 g/mol. The number of rotatable bonds is 11. The van der Waals surface area contributed by atoms with Crippen LogP contribution >= 0.6 is 11.3 Å². The van der Waals surface area contributed by atoms with Crippen LogP contribution in [0.5, 0.6) is 5.75 Å². The number of ketones is 1. The zero-order valence-corrected chi connectivity index (χ0v) is 22.4. The van der Waals surface area contributed by atoms with E-state index in [0.717, 1.165) is 34.2 Å². The number of Topliss-reactive ketones (excluding diaryl/α,β-unsaturated/α-hetero) is 1. The van der Waals surface area contributed by atoms with Crippen LogP contribution in [-0.4, -0.2) is 24.1 Å². The Hall–Kier alpha value is -3.65. The Bertz CT molecular complexity index is 1380. The molecule has 0 aliphatic rings. The summed E-state index contributed by atoms with van der Waals surface area (Å²) in [4.78, 5) is 37.6. The summed E-state index contributed by atoms with van der Waals surface area (Å²) in [5.74, 6) is -0.861. The van der Waals surface area contributed by atoms with Gasteiger partial charge in [0.1, 0.15) is 17.1 Å². The Labute approximate surface area is 220 Å². The van der Waals surface area contributed by atoms with Crippen LogP contribution in [0.4, 0.5) is 4.79 Å². The first-order chi connectivity index (χ1) is 17.7. The highest BCUT2D eigenvalue weighted by Gasteiger charge is 2.22. The van der Waals surface area contributed by atoms with E-state index in [1.165, 1.54) is 24.9 Å². The number of methoxy groups -OCH3 is 1. The van der Waals surface area contributed by atoms with Gasteiger partial charge in [-0.2, -0.15) is 0 Å². The molecule has 1 atom stereocenters. The molecule has 2 N–H and O–H groups in total. The maximum absolute atomic E-state index is 13.0. The Morgan fingerprint density at radius 1 is 1.24 bits per heavy atom. The normalized spacial score (nSPS) is 12.7. The van der Waals surface area contributed by atoms with Crippen LogP contribution in [0.3, 0.4) is 0 Å². The lowest BCUT2D eigenvalue weighted by Gasteiger charge is -2.11. The minimum absolute atomic E-state index is 0.192. The number of hydrogen-bond donors (Lipinski definition) is 2. The Balaban J connectivity index is 1.72. The van der Waals surface area contributed by atoms with Crippen molar-refractivity contribution in [3.8, 4) is 5.75 Å². The van der Waals surface area contributed by atoms with E-state index in [1.54, 1.807) is 30.4 Å². The fourth-order valence-electron chi connectivity index (χ4n) is 3.91. The van der Waals surface area contributed by atoms with Gasteiger partial charge in [0, 0.05) is 27.8 Å². The summed E-state index contributed by atoms with van der Waals surface area (Å²) in [6, 6.07) is 9.79. The number of aromatic hydroxyl groups is 1. The van der Waals surface area contributed by atoms with Crippen molar-refractivity contribution in [3.05, 3.63) is 80.4 Å². The molecule has 3 aromatic rings. The number of aryl methyl sites for hydroxylation is 1. The molecule has 1 unspecified atom stereocenters. The molecule has 0 saturated carbocycles. The van der Waals surface area contributed by atoms with E-state index in [0.29, 0.717) is 24.2 Å². The summed E-state index contributed by atoms with van der Waals surface area (Å²) in [6.07, 6.45) is 8.92. The summed E-state index contributed by atoms with van der Waals surface area (Å²) in [5.41, 5.74) is 0.403. The van der Waals surface area contributed by atoms with Gasteiger partial charge in [0.15, 0.2) is 5.78 Å². The first-order valence-corrected chi connectivity index (χ1v) is 13.2. The first kappa shape index (κ1) is 27.9. The van der Waals surface area contributed by atoms with Crippen molar-refractivity contribution < 1.29 is 23.8 Å². The van der Waals surface area contributed by atoms with Crippen LogP contribution in [0.15, 0.2) is 57.4 Å². The Morgan fingerprint density at radius 3 is 2.73 bits per heavy atom. The molecule has 196 valence electrons. The predicted octanol–water partition coefficient (Wildman–Crippen LogP) is 6.94. The summed E-state index contributed by atoms with van der Waals surface area (Å²) >= 11 is 1.57. The molecule has 3 rings (SSSR count). The van der Waals surface area contributed by atoms with Gasteiger partial charge in [-0.25, -0.2) is 9.59 Å². The van der Waals surface area contributed by atoms with E-state index in [-0.39, 0.29) is 11.5 Å². The molecular formula is C29H33NO6S. The zero-order chi connectivity index (χ0) is 26.9. The lowest BCUT2D eigenvalue weighted by molar-refractivity contribution is 0.102. The van der Waals surface area contributed by atoms with Gasteiger partial charge in [-0.15, -0.1) is 11.3 Å². The van der Waals surface area contributed by atoms with Crippen LogP contribution in [0, 0.1) is 0 Å². The molecule has 0 aliphatic carbocycles. The van der Waals surface area contributed by atoms with E-state index in [9.17, 15) is 19.5 Å². The molecule has 0 fully saturated rings. The molecule has 0 aliphatic heterocycles. The standard InChI is InChI=1S/C29H33NO6S/c1-5-6-10-20-11-12-25-21(15-20)16-22(37-25)14-19(3)27(32)26-23(31)17-24(36-28(26)33)18(2)9-7-8-13-30-29(34)35-4/h8,11-18,31H,5-7,9-10H2,1-4H3,(H,30,34)/b13-8+,19-14+. The molecule has 1 aromatic carbocycles. The molecule has 0 saturated heterocycles. The zero-order valence-electron chi connectivity index (χ0n) is 21.6. The number of carbonyl (C=O) groups excluding carboxylic acids is 2. The van der Waals surface area contributed by atoms with Gasteiger partial charge in [0.05, 0.1) is 7.11 Å². The van der Waals surface area contributed by atoms with Crippen molar-refractivity contribution >= 4 is 39.4 Å². The third-order valence-electron chi connectivity index (χ3n) is 6.07.